The molecule has 6 aromatic rings. The molecule has 0 fully saturated rings. The van der Waals surface area contributed by atoms with Crippen LogP contribution in [0.4, 0.5) is 11.4 Å². The maximum atomic E-state index is 2.39. The minimum atomic E-state index is 1.17. The molecule has 0 N–H and O–H groups in total. The van der Waals surface area contributed by atoms with Crippen LogP contribution in [0.1, 0.15) is 0 Å². The van der Waals surface area contributed by atoms with Gasteiger partial charge in [-0.25, -0.2) is 0 Å². The molecule has 148 valence electrons. The fraction of sp³-hybridized carbons (Fsp3) is 0.0345. The van der Waals surface area contributed by atoms with Gasteiger partial charge < -0.3 is 9.47 Å². The second-order valence-electron chi connectivity index (χ2n) is 7.98. The number of nitrogens with zero attached hydrogens (tertiary/aromatic N) is 2. The quantitative estimate of drug-likeness (QED) is 0.296. The molecule has 2 heteroatoms. The lowest BCUT2D eigenvalue weighted by Gasteiger charge is -2.20. The van der Waals surface area contributed by atoms with Gasteiger partial charge in [0.1, 0.15) is 0 Å². The molecule has 0 aliphatic rings. The van der Waals surface area contributed by atoms with Crippen molar-refractivity contribution in [2.24, 2.45) is 0 Å². The van der Waals surface area contributed by atoms with E-state index in [1.165, 1.54) is 49.6 Å². The molecular formula is C29H22N2. The molecule has 5 aromatic carbocycles. The molecule has 6 rings (SSSR count). The van der Waals surface area contributed by atoms with E-state index in [0.29, 0.717) is 0 Å². The monoisotopic (exact) mass is 398 g/mol. The Morgan fingerprint density at radius 2 is 1.13 bits per heavy atom. The van der Waals surface area contributed by atoms with Gasteiger partial charge in [0.05, 0.1) is 11.0 Å². The lowest BCUT2D eigenvalue weighted by molar-refractivity contribution is 1.17. The minimum Gasteiger partial charge on any atom is -0.345 e. The highest BCUT2D eigenvalue weighted by molar-refractivity contribution is 6.14. The van der Waals surface area contributed by atoms with Gasteiger partial charge in [-0.05, 0) is 59.3 Å². The summed E-state index contributed by atoms with van der Waals surface area (Å²) in [6, 6.07) is 41.2. The van der Waals surface area contributed by atoms with Crippen molar-refractivity contribution in [1.82, 2.24) is 4.57 Å². The molecule has 0 unspecified atom stereocenters. The Morgan fingerprint density at radius 3 is 1.87 bits per heavy atom. The van der Waals surface area contributed by atoms with Crippen molar-refractivity contribution in [3.63, 3.8) is 0 Å². The Labute approximate surface area is 181 Å². The third kappa shape index (κ3) is 2.88. The van der Waals surface area contributed by atoms with E-state index in [1.54, 1.807) is 0 Å². The second-order valence-corrected chi connectivity index (χ2v) is 7.98. The summed E-state index contributed by atoms with van der Waals surface area (Å²) in [5, 5.41) is 5.09. The van der Waals surface area contributed by atoms with Crippen LogP contribution in [0.3, 0.4) is 0 Å². The van der Waals surface area contributed by atoms with E-state index in [2.05, 4.69) is 132 Å². The van der Waals surface area contributed by atoms with E-state index in [1.807, 2.05) is 0 Å². The summed E-state index contributed by atoms with van der Waals surface area (Å²) in [5.41, 5.74) is 5.98. The van der Waals surface area contributed by atoms with Crippen LogP contribution in [0.25, 0.3) is 38.3 Å². The third-order valence-corrected chi connectivity index (χ3v) is 6.16. The van der Waals surface area contributed by atoms with Crippen LogP contribution < -0.4 is 4.90 Å². The van der Waals surface area contributed by atoms with Gasteiger partial charge in [-0.15, -0.1) is 0 Å². The number of fused-ring (bicyclic) bond motifs is 4. The molecule has 0 atom stereocenters. The first-order valence-electron chi connectivity index (χ1n) is 10.6. The first kappa shape index (κ1) is 17.8. The van der Waals surface area contributed by atoms with Crippen molar-refractivity contribution >= 4 is 44.0 Å². The lowest BCUT2D eigenvalue weighted by Crippen LogP contribution is -2.09. The molecule has 1 heterocycles. The summed E-state index contributed by atoms with van der Waals surface area (Å²) < 4.78 is 2.39. The van der Waals surface area contributed by atoms with Crippen molar-refractivity contribution in [1.29, 1.82) is 0 Å². The fourth-order valence-electron chi connectivity index (χ4n) is 4.56. The molecule has 0 bridgehead atoms. The van der Waals surface area contributed by atoms with Crippen LogP contribution in [0.5, 0.6) is 0 Å². The van der Waals surface area contributed by atoms with Gasteiger partial charge in [-0.1, -0.05) is 66.7 Å². The second kappa shape index (κ2) is 7.03. The number of para-hydroxylation sites is 2. The average molecular weight is 399 g/mol. The van der Waals surface area contributed by atoms with Gasteiger partial charge in [-0.2, -0.15) is 0 Å². The molecule has 2 nitrogen and oxygen atoms in total. The molecule has 0 spiro atoms. The summed E-state index contributed by atoms with van der Waals surface area (Å²) >= 11 is 0. The van der Waals surface area contributed by atoms with Crippen molar-refractivity contribution in [2.75, 3.05) is 11.9 Å². The van der Waals surface area contributed by atoms with E-state index < -0.39 is 0 Å². The summed E-state index contributed by atoms with van der Waals surface area (Å²) in [5.74, 6) is 0. The van der Waals surface area contributed by atoms with Gasteiger partial charge in [0.25, 0.3) is 0 Å². The zero-order valence-electron chi connectivity index (χ0n) is 17.4. The smallest absolute Gasteiger partial charge is 0.0561 e. The van der Waals surface area contributed by atoms with E-state index in [4.69, 9.17) is 0 Å². The Hall–Kier alpha value is -4.04. The predicted molar refractivity (Wildman–Crippen MR) is 133 cm³/mol. The molecule has 0 saturated heterocycles. The summed E-state index contributed by atoms with van der Waals surface area (Å²) in [6.45, 7) is 0. The molecule has 31 heavy (non-hydrogen) atoms. The van der Waals surface area contributed by atoms with Gasteiger partial charge in [0.2, 0.25) is 0 Å². The van der Waals surface area contributed by atoms with Crippen molar-refractivity contribution < 1.29 is 0 Å². The third-order valence-electron chi connectivity index (χ3n) is 6.16. The fourth-order valence-corrected chi connectivity index (χ4v) is 4.56. The summed E-state index contributed by atoms with van der Waals surface area (Å²) in [7, 11) is 2.13. The van der Waals surface area contributed by atoms with Crippen molar-refractivity contribution in [2.45, 2.75) is 0 Å². The topological polar surface area (TPSA) is 8.17 Å². The lowest BCUT2D eigenvalue weighted by atomic mass is 10.1. The number of aromatic nitrogens is 1. The number of anilines is 2. The number of hydrogen-bond donors (Lipinski definition) is 0. The van der Waals surface area contributed by atoms with Crippen LogP contribution in [0.2, 0.25) is 0 Å². The van der Waals surface area contributed by atoms with Crippen LogP contribution in [-0.2, 0) is 0 Å². The molecule has 0 aliphatic heterocycles. The molecule has 0 amide bonds. The largest absolute Gasteiger partial charge is 0.345 e. The molecule has 1 aromatic heterocycles. The number of benzene rings is 5. The Morgan fingerprint density at radius 1 is 0.516 bits per heavy atom. The van der Waals surface area contributed by atoms with Gasteiger partial charge in [0.15, 0.2) is 0 Å². The van der Waals surface area contributed by atoms with E-state index in [-0.39, 0.29) is 0 Å². The standard InChI is InChI=1S/C29H22N2/c1-30(23-12-4-2-5-13-23)25-16-17-26-27-18-21-10-8-9-11-22(21)19-28(27)31(29(26)20-25)24-14-6-3-7-15-24/h2-20H,1H3. The normalized spacial score (nSPS) is 11.4. The predicted octanol–water partition coefficient (Wildman–Crippen LogP) is 7.70. The highest BCUT2D eigenvalue weighted by atomic mass is 15.1. The molecule has 0 radical (unpaired) electrons. The van der Waals surface area contributed by atoms with Gasteiger partial charge >= 0.3 is 0 Å². The maximum absolute atomic E-state index is 2.39. The molecular weight excluding hydrogens is 376 g/mol. The Bertz CT molecular complexity index is 1530. The minimum absolute atomic E-state index is 1.17. The van der Waals surface area contributed by atoms with Crippen LogP contribution in [0.15, 0.2) is 115 Å². The highest BCUT2D eigenvalue weighted by Crippen LogP contribution is 2.37. The van der Waals surface area contributed by atoms with E-state index >= 15 is 0 Å². The van der Waals surface area contributed by atoms with E-state index in [9.17, 15) is 0 Å². The zero-order chi connectivity index (χ0) is 20.8. The van der Waals surface area contributed by atoms with Crippen LogP contribution in [-0.4, -0.2) is 11.6 Å². The van der Waals surface area contributed by atoms with E-state index in [0.717, 1.165) is 0 Å². The average Bonchev–Trinajstić information content (AvgIpc) is 3.15. The molecule has 0 saturated carbocycles. The van der Waals surface area contributed by atoms with Crippen molar-refractivity contribution in [3.8, 4) is 5.69 Å². The maximum Gasteiger partial charge on any atom is 0.0561 e. The van der Waals surface area contributed by atoms with Crippen LogP contribution >= 0.6 is 0 Å². The number of hydrogen-bond acceptors (Lipinski definition) is 1. The highest BCUT2D eigenvalue weighted by Gasteiger charge is 2.15. The summed E-state index contributed by atoms with van der Waals surface area (Å²) in [6.07, 6.45) is 0. The first-order valence-corrected chi connectivity index (χ1v) is 10.6. The Balaban J connectivity index is 1.68. The SMILES string of the molecule is CN(c1ccccc1)c1ccc2c3cc4ccccc4cc3n(-c3ccccc3)c2c1. The van der Waals surface area contributed by atoms with Crippen LogP contribution in [0, 0.1) is 0 Å². The van der Waals surface area contributed by atoms with Crippen molar-refractivity contribution in [3.05, 3.63) is 115 Å². The number of rotatable bonds is 3. The summed E-state index contributed by atoms with van der Waals surface area (Å²) in [4.78, 5) is 2.24. The van der Waals surface area contributed by atoms with Gasteiger partial charge in [-0.3, -0.25) is 0 Å². The zero-order valence-corrected chi connectivity index (χ0v) is 17.4. The van der Waals surface area contributed by atoms with Gasteiger partial charge in [0, 0.05) is 34.9 Å². The first-order chi connectivity index (χ1) is 15.3. The molecule has 0 aliphatic carbocycles. The Kier molecular flexibility index (Phi) is 4.03.